The second-order valence-corrected chi connectivity index (χ2v) is 6.27. The van der Waals surface area contributed by atoms with Crippen molar-refractivity contribution < 1.29 is 0 Å². The Morgan fingerprint density at radius 1 is 1.26 bits per heavy atom. The zero-order valence-corrected chi connectivity index (χ0v) is 12.3. The van der Waals surface area contributed by atoms with Gasteiger partial charge in [-0.2, -0.15) is 0 Å². The van der Waals surface area contributed by atoms with Crippen LogP contribution in [0.1, 0.15) is 48.9 Å². The number of hydrogen-bond donors (Lipinski definition) is 1. The molecule has 104 valence electrons. The van der Waals surface area contributed by atoms with Gasteiger partial charge in [0.25, 0.3) is 0 Å². The van der Waals surface area contributed by atoms with Crippen molar-refractivity contribution in [3.8, 4) is 0 Å². The van der Waals surface area contributed by atoms with Gasteiger partial charge in [-0.25, -0.2) is 0 Å². The summed E-state index contributed by atoms with van der Waals surface area (Å²) < 4.78 is 0. The second kappa shape index (κ2) is 5.64. The number of fused-ring (bicyclic) bond motifs is 1. The zero-order valence-electron chi connectivity index (χ0n) is 12.3. The number of nitrogens with zero attached hydrogens (tertiary/aromatic N) is 1. The van der Waals surface area contributed by atoms with Gasteiger partial charge in [-0.1, -0.05) is 18.2 Å². The molecule has 0 radical (unpaired) electrons. The fourth-order valence-electron chi connectivity index (χ4n) is 3.13. The Balaban J connectivity index is 1.50. The standard InChI is InChI=1S/C17H26N2/c1-13(18-10-11-19(2)17-8-9-17)15-7-6-14-4-3-5-16(14)12-15/h6-7,12-13,17-18H,3-5,8-11H2,1-2H3. The molecular formula is C17H26N2. The van der Waals surface area contributed by atoms with Crippen LogP contribution in [0, 0.1) is 0 Å². The lowest BCUT2D eigenvalue weighted by Crippen LogP contribution is -2.32. The van der Waals surface area contributed by atoms with E-state index >= 15 is 0 Å². The number of hydrogen-bond acceptors (Lipinski definition) is 2. The fourth-order valence-corrected chi connectivity index (χ4v) is 3.13. The van der Waals surface area contributed by atoms with Crippen molar-refractivity contribution in [2.24, 2.45) is 0 Å². The van der Waals surface area contributed by atoms with Gasteiger partial charge in [0.1, 0.15) is 0 Å². The second-order valence-electron chi connectivity index (χ2n) is 6.27. The Labute approximate surface area is 117 Å². The Hall–Kier alpha value is -0.860. The monoisotopic (exact) mass is 258 g/mol. The van der Waals surface area contributed by atoms with E-state index in [9.17, 15) is 0 Å². The highest BCUT2D eigenvalue weighted by Gasteiger charge is 2.25. The third kappa shape index (κ3) is 3.18. The first-order valence-electron chi connectivity index (χ1n) is 7.79. The van der Waals surface area contributed by atoms with E-state index in [4.69, 9.17) is 0 Å². The van der Waals surface area contributed by atoms with E-state index in [1.54, 1.807) is 11.1 Å². The predicted molar refractivity (Wildman–Crippen MR) is 80.5 cm³/mol. The SMILES string of the molecule is CC(NCCN(C)C1CC1)c1ccc2c(c1)CCC2. The molecular weight excluding hydrogens is 232 g/mol. The number of rotatable bonds is 6. The van der Waals surface area contributed by atoms with Crippen LogP contribution in [0.3, 0.4) is 0 Å². The molecule has 1 saturated carbocycles. The van der Waals surface area contributed by atoms with Gasteiger partial charge in [-0.05, 0) is 62.8 Å². The normalized spacial score (nSPS) is 19.7. The molecule has 1 N–H and O–H groups in total. The maximum atomic E-state index is 3.66. The van der Waals surface area contributed by atoms with Crippen molar-refractivity contribution in [3.63, 3.8) is 0 Å². The molecule has 0 amide bonds. The number of aryl methyl sites for hydroxylation is 2. The van der Waals surface area contributed by atoms with Gasteiger partial charge >= 0.3 is 0 Å². The van der Waals surface area contributed by atoms with Gasteiger partial charge in [0, 0.05) is 25.2 Å². The van der Waals surface area contributed by atoms with Crippen molar-refractivity contribution in [3.05, 3.63) is 34.9 Å². The molecule has 0 aliphatic heterocycles. The lowest BCUT2D eigenvalue weighted by atomic mass is 10.0. The van der Waals surface area contributed by atoms with E-state index in [1.165, 1.54) is 44.2 Å². The molecule has 2 aliphatic rings. The third-order valence-electron chi connectivity index (χ3n) is 4.71. The van der Waals surface area contributed by atoms with Gasteiger partial charge in [0.15, 0.2) is 0 Å². The molecule has 1 aromatic carbocycles. The smallest absolute Gasteiger partial charge is 0.0292 e. The maximum Gasteiger partial charge on any atom is 0.0292 e. The fraction of sp³-hybridized carbons (Fsp3) is 0.647. The summed E-state index contributed by atoms with van der Waals surface area (Å²) >= 11 is 0. The van der Waals surface area contributed by atoms with E-state index in [1.807, 2.05) is 0 Å². The molecule has 0 aromatic heterocycles. The molecule has 2 heteroatoms. The van der Waals surface area contributed by atoms with Gasteiger partial charge in [-0.3, -0.25) is 0 Å². The van der Waals surface area contributed by atoms with Crippen LogP contribution in [0.5, 0.6) is 0 Å². The lowest BCUT2D eigenvalue weighted by molar-refractivity contribution is 0.316. The van der Waals surface area contributed by atoms with Gasteiger partial charge in [-0.15, -0.1) is 0 Å². The minimum Gasteiger partial charge on any atom is -0.309 e. The van der Waals surface area contributed by atoms with E-state index < -0.39 is 0 Å². The Morgan fingerprint density at radius 3 is 2.84 bits per heavy atom. The predicted octanol–water partition coefficient (Wildman–Crippen LogP) is 2.92. The molecule has 1 atom stereocenters. The molecule has 0 heterocycles. The lowest BCUT2D eigenvalue weighted by Gasteiger charge is -2.19. The largest absolute Gasteiger partial charge is 0.309 e. The van der Waals surface area contributed by atoms with E-state index in [0.29, 0.717) is 6.04 Å². The van der Waals surface area contributed by atoms with Gasteiger partial charge in [0.05, 0.1) is 0 Å². The van der Waals surface area contributed by atoms with Crippen LogP contribution in [0.4, 0.5) is 0 Å². The highest BCUT2D eigenvalue weighted by molar-refractivity contribution is 5.36. The molecule has 3 rings (SSSR count). The van der Waals surface area contributed by atoms with Crippen LogP contribution in [0.2, 0.25) is 0 Å². The zero-order chi connectivity index (χ0) is 13.2. The van der Waals surface area contributed by atoms with E-state index in [2.05, 4.69) is 42.4 Å². The Morgan fingerprint density at radius 2 is 2.05 bits per heavy atom. The van der Waals surface area contributed by atoms with Crippen molar-refractivity contribution >= 4 is 0 Å². The van der Waals surface area contributed by atoms with Crippen LogP contribution in [-0.4, -0.2) is 31.1 Å². The summed E-state index contributed by atoms with van der Waals surface area (Å²) in [5, 5.41) is 3.66. The molecule has 0 bridgehead atoms. The average molecular weight is 258 g/mol. The molecule has 2 aliphatic carbocycles. The van der Waals surface area contributed by atoms with Crippen LogP contribution in [-0.2, 0) is 12.8 Å². The summed E-state index contributed by atoms with van der Waals surface area (Å²) in [4.78, 5) is 2.49. The highest BCUT2D eigenvalue weighted by atomic mass is 15.2. The molecule has 0 spiro atoms. The minimum atomic E-state index is 0.471. The molecule has 1 fully saturated rings. The third-order valence-corrected chi connectivity index (χ3v) is 4.71. The summed E-state index contributed by atoms with van der Waals surface area (Å²) in [7, 11) is 2.25. The topological polar surface area (TPSA) is 15.3 Å². The van der Waals surface area contributed by atoms with Crippen molar-refractivity contribution in [2.45, 2.75) is 51.1 Å². The van der Waals surface area contributed by atoms with Gasteiger partial charge < -0.3 is 10.2 Å². The first-order valence-corrected chi connectivity index (χ1v) is 7.79. The van der Waals surface area contributed by atoms with Crippen LogP contribution >= 0.6 is 0 Å². The Bertz CT molecular complexity index is 437. The number of nitrogens with one attached hydrogen (secondary N) is 1. The van der Waals surface area contributed by atoms with Gasteiger partial charge in [0.2, 0.25) is 0 Å². The van der Waals surface area contributed by atoms with Crippen LogP contribution in [0.15, 0.2) is 18.2 Å². The van der Waals surface area contributed by atoms with Crippen molar-refractivity contribution in [1.29, 1.82) is 0 Å². The first kappa shape index (κ1) is 13.1. The van der Waals surface area contributed by atoms with Crippen molar-refractivity contribution in [2.75, 3.05) is 20.1 Å². The summed E-state index contributed by atoms with van der Waals surface area (Å²) in [5.41, 5.74) is 4.61. The molecule has 2 nitrogen and oxygen atoms in total. The van der Waals surface area contributed by atoms with E-state index in [0.717, 1.165) is 12.6 Å². The molecule has 0 saturated heterocycles. The molecule has 1 unspecified atom stereocenters. The number of likely N-dealkylation sites (N-methyl/N-ethyl adjacent to an activating group) is 1. The maximum absolute atomic E-state index is 3.66. The van der Waals surface area contributed by atoms with Crippen LogP contribution in [0.25, 0.3) is 0 Å². The number of benzene rings is 1. The summed E-state index contributed by atoms with van der Waals surface area (Å²) in [6.07, 6.45) is 6.70. The summed E-state index contributed by atoms with van der Waals surface area (Å²) in [6.45, 7) is 4.54. The highest BCUT2D eigenvalue weighted by Crippen LogP contribution is 2.26. The minimum absolute atomic E-state index is 0.471. The summed E-state index contributed by atoms with van der Waals surface area (Å²) in [6, 6.07) is 8.42. The molecule has 1 aromatic rings. The average Bonchev–Trinajstić information content (AvgIpc) is 3.16. The van der Waals surface area contributed by atoms with Crippen LogP contribution < -0.4 is 5.32 Å². The Kier molecular flexibility index (Phi) is 3.90. The van der Waals surface area contributed by atoms with Crippen molar-refractivity contribution in [1.82, 2.24) is 10.2 Å². The van der Waals surface area contributed by atoms with E-state index in [-0.39, 0.29) is 0 Å². The quantitative estimate of drug-likeness (QED) is 0.844. The summed E-state index contributed by atoms with van der Waals surface area (Å²) in [5.74, 6) is 0. The molecule has 19 heavy (non-hydrogen) atoms. The first-order chi connectivity index (χ1) is 9.24.